The average Bonchev–Trinajstić information content (AvgIpc) is 2.43. The predicted molar refractivity (Wildman–Crippen MR) is 91.3 cm³/mol. The number of thioether (sulfide) groups is 2. The molecule has 1 heterocycles. The van der Waals surface area contributed by atoms with Crippen molar-refractivity contribution in [1.82, 2.24) is 9.55 Å². The second-order valence-corrected chi connectivity index (χ2v) is 7.31. The van der Waals surface area contributed by atoms with Crippen molar-refractivity contribution in [1.29, 1.82) is 0 Å². The van der Waals surface area contributed by atoms with E-state index < -0.39 is 0 Å². The molecule has 0 aliphatic carbocycles. The number of carbonyl (C=O) groups is 1. The lowest BCUT2D eigenvalue weighted by molar-refractivity contribution is 0.276. The molecule has 0 radical (unpaired) electrons. The first-order valence-electron chi connectivity index (χ1n) is 7.44. The van der Waals surface area contributed by atoms with Crippen molar-refractivity contribution in [2.24, 2.45) is 7.05 Å². The van der Waals surface area contributed by atoms with E-state index in [1.165, 1.54) is 54.5 Å². The van der Waals surface area contributed by atoms with Crippen LogP contribution in [0.1, 0.15) is 51.1 Å². The number of hydrogen-bond donors (Lipinski definition) is 0. The van der Waals surface area contributed by atoms with Crippen molar-refractivity contribution >= 4 is 28.0 Å². The first-order chi connectivity index (χ1) is 10.0. The standard InChI is InChI=1S/C15H24N2O2S2/c1-4-5-6-7-8-9-10-20-15(19)21-14-16-12(2)11-13(18)17(14)3/h11H,4-10H2,1-3H3. The van der Waals surface area contributed by atoms with Gasteiger partial charge in [0.25, 0.3) is 10.0 Å². The fraction of sp³-hybridized carbons (Fsp3) is 0.667. The SMILES string of the molecule is CCCCCCCCSC(=O)Sc1nc(C)cc(=O)n1C. The van der Waals surface area contributed by atoms with Gasteiger partial charge < -0.3 is 0 Å². The molecule has 0 saturated carbocycles. The van der Waals surface area contributed by atoms with E-state index in [9.17, 15) is 9.59 Å². The summed E-state index contributed by atoms with van der Waals surface area (Å²) in [5.74, 6) is 0.845. The van der Waals surface area contributed by atoms with Gasteiger partial charge in [-0.05, 0) is 25.1 Å². The molecule has 0 unspecified atom stereocenters. The van der Waals surface area contributed by atoms with Crippen molar-refractivity contribution < 1.29 is 4.79 Å². The zero-order chi connectivity index (χ0) is 15.7. The van der Waals surface area contributed by atoms with E-state index in [4.69, 9.17) is 0 Å². The fourth-order valence-electron chi connectivity index (χ4n) is 1.86. The van der Waals surface area contributed by atoms with Gasteiger partial charge in [-0.2, -0.15) is 0 Å². The van der Waals surface area contributed by atoms with Crippen LogP contribution in [0.4, 0.5) is 4.79 Å². The molecule has 0 saturated heterocycles. The minimum atomic E-state index is -0.126. The molecule has 1 aromatic rings. The first kappa shape index (κ1) is 18.3. The quantitative estimate of drug-likeness (QED) is 0.402. The molecule has 0 atom stereocenters. The van der Waals surface area contributed by atoms with Gasteiger partial charge in [0.15, 0.2) is 5.16 Å². The second kappa shape index (κ2) is 10.1. The number of rotatable bonds is 8. The van der Waals surface area contributed by atoms with Crippen LogP contribution in [0.5, 0.6) is 0 Å². The fourth-order valence-corrected chi connectivity index (χ4v) is 3.65. The lowest BCUT2D eigenvalue weighted by Gasteiger charge is -2.06. The summed E-state index contributed by atoms with van der Waals surface area (Å²) in [6.45, 7) is 3.97. The molecule has 0 aliphatic heterocycles. The number of aromatic nitrogens is 2. The molecule has 0 bridgehead atoms. The van der Waals surface area contributed by atoms with Crippen molar-refractivity contribution in [3.63, 3.8) is 0 Å². The average molecular weight is 329 g/mol. The van der Waals surface area contributed by atoms with E-state index in [2.05, 4.69) is 11.9 Å². The van der Waals surface area contributed by atoms with Gasteiger partial charge in [-0.1, -0.05) is 50.8 Å². The van der Waals surface area contributed by atoms with E-state index >= 15 is 0 Å². The molecule has 1 aromatic heterocycles. The number of hydrogen-bond acceptors (Lipinski definition) is 5. The van der Waals surface area contributed by atoms with Gasteiger partial charge in [0.1, 0.15) is 0 Å². The van der Waals surface area contributed by atoms with Crippen LogP contribution in [0.25, 0.3) is 0 Å². The summed E-state index contributed by atoms with van der Waals surface area (Å²) in [5.41, 5.74) is 0.521. The maximum atomic E-state index is 11.9. The Labute approximate surface area is 135 Å². The molecule has 0 aromatic carbocycles. The maximum Gasteiger partial charge on any atom is 0.254 e. The highest BCUT2D eigenvalue weighted by Gasteiger charge is 2.11. The van der Waals surface area contributed by atoms with Gasteiger partial charge >= 0.3 is 0 Å². The van der Waals surface area contributed by atoms with Crippen LogP contribution in [0.15, 0.2) is 16.0 Å². The van der Waals surface area contributed by atoms with E-state index in [1.807, 2.05) is 0 Å². The van der Waals surface area contributed by atoms with E-state index in [0.717, 1.165) is 23.9 Å². The Morgan fingerprint density at radius 2 is 1.90 bits per heavy atom. The third-order valence-electron chi connectivity index (χ3n) is 3.11. The van der Waals surface area contributed by atoms with Crippen LogP contribution in [-0.4, -0.2) is 19.8 Å². The van der Waals surface area contributed by atoms with Crippen LogP contribution >= 0.6 is 23.5 Å². The lowest BCUT2D eigenvalue weighted by Crippen LogP contribution is -2.19. The number of nitrogens with zero attached hydrogens (tertiary/aromatic N) is 2. The van der Waals surface area contributed by atoms with Crippen LogP contribution in [0, 0.1) is 6.92 Å². The second-order valence-electron chi connectivity index (χ2n) is 5.05. The Kier molecular flexibility index (Phi) is 8.76. The molecular weight excluding hydrogens is 304 g/mol. The summed E-state index contributed by atoms with van der Waals surface area (Å²) < 4.78 is 1.43. The molecule has 1 rings (SSSR count). The van der Waals surface area contributed by atoms with Crippen molar-refractivity contribution in [2.45, 2.75) is 57.5 Å². The number of unbranched alkanes of at least 4 members (excludes halogenated alkanes) is 5. The molecule has 118 valence electrons. The highest BCUT2D eigenvalue weighted by Crippen LogP contribution is 2.24. The van der Waals surface area contributed by atoms with Gasteiger partial charge in [-0.15, -0.1) is 0 Å². The Bertz CT molecular complexity index is 515. The van der Waals surface area contributed by atoms with E-state index in [-0.39, 0.29) is 10.0 Å². The van der Waals surface area contributed by atoms with Crippen LogP contribution in [0.2, 0.25) is 0 Å². The van der Waals surface area contributed by atoms with Crippen LogP contribution in [-0.2, 0) is 7.05 Å². The molecule has 0 amide bonds. The summed E-state index contributed by atoms with van der Waals surface area (Å²) in [6.07, 6.45) is 7.36. The van der Waals surface area contributed by atoms with Gasteiger partial charge in [-0.3, -0.25) is 14.2 Å². The zero-order valence-corrected chi connectivity index (χ0v) is 14.7. The third kappa shape index (κ3) is 7.18. The summed E-state index contributed by atoms with van der Waals surface area (Å²) in [4.78, 5) is 27.8. The molecule has 21 heavy (non-hydrogen) atoms. The molecule has 6 heteroatoms. The maximum absolute atomic E-state index is 11.9. The number of carbonyl (C=O) groups excluding carboxylic acids is 1. The Morgan fingerprint density at radius 3 is 2.62 bits per heavy atom. The normalized spacial score (nSPS) is 10.8. The summed E-state index contributed by atoms with van der Waals surface area (Å²) in [6, 6.07) is 1.47. The van der Waals surface area contributed by atoms with Gasteiger partial charge in [-0.25, -0.2) is 4.98 Å². The van der Waals surface area contributed by atoms with E-state index in [1.54, 1.807) is 14.0 Å². The largest absolute Gasteiger partial charge is 0.290 e. The van der Waals surface area contributed by atoms with E-state index in [0.29, 0.717) is 10.9 Å². The molecule has 0 aliphatic rings. The first-order valence-corrected chi connectivity index (χ1v) is 9.24. The molecule has 4 nitrogen and oxygen atoms in total. The predicted octanol–water partition coefficient (Wildman–Crippen LogP) is 4.39. The Balaban J connectivity index is 2.30. The van der Waals surface area contributed by atoms with Crippen molar-refractivity contribution in [3.05, 3.63) is 22.1 Å². The molecule has 0 spiro atoms. The molecule has 0 fully saturated rings. The summed E-state index contributed by atoms with van der Waals surface area (Å²) >= 11 is 2.37. The minimum absolute atomic E-state index is 0.0108. The highest BCUT2D eigenvalue weighted by molar-refractivity contribution is 8.38. The van der Waals surface area contributed by atoms with Gasteiger partial charge in [0, 0.05) is 24.6 Å². The third-order valence-corrected chi connectivity index (χ3v) is 5.16. The van der Waals surface area contributed by atoms with Crippen molar-refractivity contribution in [2.75, 3.05) is 5.75 Å². The highest BCUT2D eigenvalue weighted by atomic mass is 32.2. The number of aryl methyl sites for hydroxylation is 1. The molecular formula is C15H24N2O2S2. The van der Waals surface area contributed by atoms with Gasteiger partial charge in [0.2, 0.25) is 0 Å². The lowest BCUT2D eigenvalue weighted by atomic mass is 10.1. The van der Waals surface area contributed by atoms with Gasteiger partial charge in [0.05, 0.1) is 0 Å². The van der Waals surface area contributed by atoms with Crippen LogP contribution in [0.3, 0.4) is 0 Å². The Hall–Kier alpha value is -0.750. The van der Waals surface area contributed by atoms with Crippen molar-refractivity contribution in [3.8, 4) is 0 Å². The topological polar surface area (TPSA) is 52.0 Å². The summed E-state index contributed by atoms with van der Waals surface area (Å²) in [7, 11) is 1.64. The molecule has 0 N–H and O–H groups in total. The minimum Gasteiger partial charge on any atom is -0.290 e. The summed E-state index contributed by atoms with van der Waals surface area (Å²) in [5, 5.41) is 0.473. The van der Waals surface area contributed by atoms with Crippen LogP contribution < -0.4 is 5.56 Å². The Morgan fingerprint density at radius 1 is 1.24 bits per heavy atom. The monoisotopic (exact) mass is 328 g/mol. The smallest absolute Gasteiger partial charge is 0.254 e. The zero-order valence-electron chi connectivity index (χ0n) is 13.1.